The molecule has 2 heterocycles. The smallest absolute Gasteiger partial charge is 0.207 e. The van der Waals surface area contributed by atoms with Crippen molar-refractivity contribution in [3.8, 4) is 0 Å². The Kier molecular flexibility index (Phi) is 6.03. The zero-order chi connectivity index (χ0) is 20.6. The van der Waals surface area contributed by atoms with E-state index in [2.05, 4.69) is 25.5 Å². The van der Waals surface area contributed by atoms with E-state index >= 15 is 0 Å². The lowest BCUT2D eigenvalue weighted by atomic mass is 9.87. The Balaban J connectivity index is 1.65. The van der Waals surface area contributed by atoms with Crippen molar-refractivity contribution in [2.24, 2.45) is 0 Å². The molecule has 0 unspecified atom stereocenters. The van der Waals surface area contributed by atoms with E-state index in [-0.39, 0.29) is 20.6 Å². The van der Waals surface area contributed by atoms with E-state index in [4.69, 9.17) is 0 Å². The van der Waals surface area contributed by atoms with Gasteiger partial charge in [-0.25, -0.2) is 21.6 Å². The Morgan fingerprint density at radius 1 is 1.00 bits per heavy atom. The lowest BCUT2D eigenvalue weighted by Gasteiger charge is -2.31. The number of hydrogen-bond donors (Lipinski definition) is 1. The van der Waals surface area contributed by atoms with Crippen molar-refractivity contribution in [3.63, 3.8) is 0 Å². The van der Waals surface area contributed by atoms with Crippen molar-refractivity contribution >= 4 is 31.4 Å². The van der Waals surface area contributed by atoms with E-state index in [1.807, 2.05) is 12.1 Å². The molecule has 0 radical (unpaired) electrons. The molecule has 0 bridgehead atoms. The normalized spacial score (nSPS) is 17.7. The average Bonchev–Trinajstić information content (AvgIpc) is 3.17. The highest BCUT2D eigenvalue weighted by molar-refractivity contribution is 7.91. The second-order valence-electron chi connectivity index (χ2n) is 8.01. The quantitative estimate of drug-likeness (QED) is 0.771. The lowest BCUT2D eigenvalue weighted by molar-refractivity contribution is 0.308. The molecule has 1 aromatic carbocycles. The zero-order valence-corrected chi connectivity index (χ0v) is 18.7. The van der Waals surface area contributed by atoms with Crippen molar-refractivity contribution in [3.05, 3.63) is 47.3 Å². The molecule has 1 saturated heterocycles. The predicted molar refractivity (Wildman–Crippen MR) is 112 cm³/mol. The zero-order valence-electron chi connectivity index (χ0n) is 16.3. The molecule has 0 atom stereocenters. The van der Waals surface area contributed by atoms with E-state index < -0.39 is 20.0 Å². The van der Waals surface area contributed by atoms with Crippen LogP contribution < -0.4 is 4.72 Å². The number of nitrogens with one attached hydrogen (secondary N) is 1. The molecule has 6 nitrogen and oxygen atoms in total. The summed E-state index contributed by atoms with van der Waals surface area (Å²) in [6, 6.07) is 10.0. The van der Waals surface area contributed by atoms with Crippen LogP contribution in [-0.4, -0.2) is 40.3 Å². The third-order valence-corrected chi connectivity index (χ3v) is 9.72. The Hall–Kier alpha value is -1.26. The van der Waals surface area contributed by atoms with Gasteiger partial charge < -0.3 is 0 Å². The van der Waals surface area contributed by atoms with Crippen LogP contribution in [-0.2, 0) is 25.5 Å². The van der Waals surface area contributed by atoms with Crippen LogP contribution in [0.15, 0.2) is 50.9 Å². The Morgan fingerprint density at radius 2 is 1.61 bits per heavy atom. The topological polar surface area (TPSA) is 83.6 Å². The lowest BCUT2D eigenvalue weighted by Crippen LogP contribution is -2.46. The first kappa shape index (κ1) is 21.4. The van der Waals surface area contributed by atoms with Crippen molar-refractivity contribution in [1.29, 1.82) is 0 Å². The largest absolute Gasteiger partial charge is 0.250 e. The van der Waals surface area contributed by atoms with E-state index in [1.165, 1.54) is 15.6 Å². The molecule has 1 fully saturated rings. The van der Waals surface area contributed by atoms with E-state index in [1.54, 1.807) is 29.6 Å². The molecule has 0 amide bonds. The number of nitrogens with zero attached hydrogens (tertiary/aromatic N) is 1. The highest BCUT2D eigenvalue weighted by Gasteiger charge is 2.31. The number of rotatable bonds is 5. The molecule has 0 spiro atoms. The molecule has 1 N–H and O–H groups in total. The van der Waals surface area contributed by atoms with Gasteiger partial charge in [0.15, 0.2) is 0 Å². The first-order valence-electron chi connectivity index (χ1n) is 9.17. The second kappa shape index (κ2) is 7.87. The van der Waals surface area contributed by atoms with Gasteiger partial charge in [-0.1, -0.05) is 39.0 Å². The third kappa shape index (κ3) is 4.65. The number of sulfonamides is 2. The van der Waals surface area contributed by atoms with Crippen molar-refractivity contribution in [1.82, 2.24) is 9.03 Å². The molecule has 1 aliphatic heterocycles. The van der Waals surface area contributed by atoms with Gasteiger partial charge >= 0.3 is 0 Å². The van der Waals surface area contributed by atoms with E-state index in [9.17, 15) is 16.8 Å². The molecule has 0 saturated carbocycles. The standard InChI is InChI=1S/C19H26N2O4S3/c1-19(2,3)15-6-8-17(9-7-15)28(24,25)21-12-10-16(11-13-21)20-27(22,23)18-5-4-14-26-18/h4-9,14,16,20H,10-13H2,1-3H3. The Labute approximate surface area is 171 Å². The van der Waals surface area contributed by atoms with Gasteiger partial charge in [0, 0.05) is 19.1 Å². The van der Waals surface area contributed by atoms with Gasteiger partial charge in [0.1, 0.15) is 4.21 Å². The SMILES string of the molecule is CC(C)(C)c1ccc(S(=O)(=O)N2CCC(NS(=O)(=O)c3cccs3)CC2)cc1. The van der Waals surface area contributed by atoms with E-state index in [0.29, 0.717) is 25.9 Å². The van der Waals surface area contributed by atoms with Gasteiger partial charge in [-0.05, 0) is 47.4 Å². The molecule has 2 aromatic rings. The molecule has 9 heteroatoms. The Morgan fingerprint density at radius 3 is 2.11 bits per heavy atom. The van der Waals surface area contributed by atoms with Crippen molar-refractivity contribution in [2.75, 3.05) is 13.1 Å². The summed E-state index contributed by atoms with van der Waals surface area (Å²) in [4.78, 5) is 0.276. The molecular formula is C19H26N2O4S3. The first-order valence-corrected chi connectivity index (χ1v) is 13.0. The maximum Gasteiger partial charge on any atom is 0.250 e. The fourth-order valence-corrected chi connectivity index (χ4v) is 6.97. The molecule has 154 valence electrons. The van der Waals surface area contributed by atoms with E-state index in [0.717, 1.165) is 5.56 Å². The summed E-state index contributed by atoms with van der Waals surface area (Å²) in [5.74, 6) is 0. The first-order chi connectivity index (χ1) is 13.0. The summed E-state index contributed by atoms with van der Waals surface area (Å²) >= 11 is 1.17. The molecular weight excluding hydrogens is 416 g/mol. The van der Waals surface area contributed by atoms with Crippen molar-refractivity contribution in [2.45, 2.75) is 54.2 Å². The van der Waals surface area contributed by atoms with Crippen LogP contribution in [0.2, 0.25) is 0 Å². The molecule has 1 aliphatic rings. The van der Waals surface area contributed by atoms with Gasteiger partial charge in [0.05, 0.1) is 4.90 Å². The van der Waals surface area contributed by atoms with Gasteiger partial charge in [-0.15, -0.1) is 11.3 Å². The summed E-state index contributed by atoms with van der Waals surface area (Å²) < 4.78 is 54.9. The maximum absolute atomic E-state index is 12.9. The molecule has 28 heavy (non-hydrogen) atoms. The van der Waals surface area contributed by atoms with Crippen LogP contribution in [0.3, 0.4) is 0 Å². The number of hydrogen-bond acceptors (Lipinski definition) is 5. The summed E-state index contributed by atoms with van der Waals surface area (Å²) in [5, 5.41) is 1.72. The second-order valence-corrected chi connectivity index (χ2v) is 12.8. The third-order valence-electron chi connectivity index (χ3n) is 4.89. The van der Waals surface area contributed by atoms with Crippen molar-refractivity contribution < 1.29 is 16.8 Å². The fourth-order valence-electron chi connectivity index (χ4n) is 3.18. The highest BCUT2D eigenvalue weighted by Crippen LogP contribution is 2.26. The minimum atomic E-state index is -3.58. The summed E-state index contributed by atoms with van der Waals surface area (Å²) in [7, 11) is -7.12. The fraction of sp³-hybridized carbons (Fsp3) is 0.474. The van der Waals surface area contributed by atoms with Crippen LogP contribution >= 0.6 is 11.3 Å². The molecule has 3 rings (SSSR count). The minimum absolute atomic E-state index is 0.0413. The van der Waals surface area contributed by atoms with Crippen LogP contribution in [0.4, 0.5) is 0 Å². The van der Waals surface area contributed by atoms with Crippen LogP contribution in [0.25, 0.3) is 0 Å². The highest BCUT2D eigenvalue weighted by atomic mass is 32.2. The van der Waals surface area contributed by atoms with Crippen LogP contribution in [0, 0.1) is 0 Å². The van der Waals surface area contributed by atoms with Gasteiger partial charge in [-0.3, -0.25) is 0 Å². The van der Waals surface area contributed by atoms with Gasteiger partial charge in [0.2, 0.25) is 20.0 Å². The maximum atomic E-state index is 12.9. The predicted octanol–water partition coefficient (Wildman–Crippen LogP) is 3.18. The Bertz CT molecular complexity index is 998. The summed E-state index contributed by atoms with van der Waals surface area (Å²) in [5.41, 5.74) is 1.04. The molecule has 1 aromatic heterocycles. The minimum Gasteiger partial charge on any atom is -0.207 e. The van der Waals surface area contributed by atoms with Gasteiger partial charge in [0.25, 0.3) is 0 Å². The monoisotopic (exact) mass is 442 g/mol. The summed E-state index contributed by atoms with van der Waals surface area (Å²) in [6.07, 6.45) is 0.897. The van der Waals surface area contributed by atoms with Crippen LogP contribution in [0.1, 0.15) is 39.2 Å². The number of benzene rings is 1. The average molecular weight is 443 g/mol. The molecule has 0 aliphatic carbocycles. The summed E-state index contributed by atoms with van der Waals surface area (Å²) in [6.45, 7) is 6.83. The number of piperidine rings is 1. The van der Waals surface area contributed by atoms with Gasteiger partial charge in [-0.2, -0.15) is 4.31 Å². The number of thiophene rings is 1. The van der Waals surface area contributed by atoms with Crippen LogP contribution in [0.5, 0.6) is 0 Å².